The quantitative estimate of drug-likeness (QED) is 0.800. The Morgan fingerprint density at radius 2 is 2.10 bits per heavy atom. The summed E-state index contributed by atoms with van der Waals surface area (Å²) >= 11 is 1.54. The monoisotopic (exact) mass is 295 g/mol. The zero-order valence-corrected chi connectivity index (χ0v) is 13.0. The highest BCUT2D eigenvalue weighted by Gasteiger charge is 2.25. The van der Waals surface area contributed by atoms with Gasteiger partial charge in [0.15, 0.2) is 0 Å². The van der Waals surface area contributed by atoms with E-state index in [1.54, 1.807) is 18.9 Å². The summed E-state index contributed by atoms with van der Waals surface area (Å²) in [7, 11) is 1.64. The second-order valence-corrected chi connectivity index (χ2v) is 6.07. The lowest BCUT2D eigenvalue weighted by Crippen LogP contribution is -2.48. The van der Waals surface area contributed by atoms with E-state index in [9.17, 15) is 4.79 Å². The molecule has 1 amide bonds. The Kier molecular flexibility index (Phi) is 5.31. The molecule has 1 fully saturated rings. The maximum atomic E-state index is 12.2. The summed E-state index contributed by atoms with van der Waals surface area (Å²) in [4.78, 5) is 15.2. The van der Waals surface area contributed by atoms with Gasteiger partial charge in [-0.05, 0) is 32.0 Å². The predicted molar refractivity (Wildman–Crippen MR) is 80.3 cm³/mol. The van der Waals surface area contributed by atoms with Crippen LogP contribution in [0.1, 0.15) is 13.8 Å². The molecule has 5 heteroatoms. The Balaban J connectivity index is 1.88. The van der Waals surface area contributed by atoms with Crippen molar-refractivity contribution < 1.29 is 14.3 Å². The van der Waals surface area contributed by atoms with E-state index in [1.165, 1.54) is 0 Å². The van der Waals surface area contributed by atoms with Crippen molar-refractivity contribution in [2.24, 2.45) is 0 Å². The second kappa shape index (κ2) is 6.99. The van der Waals surface area contributed by atoms with Crippen LogP contribution >= 0.6 is 11.8 Å². The number of thioether (sulfide) groups is 1. The minimum absolute atomic E-state index is 0.115. The van der Waals surface area contributed by atoms with E-state index >= 15 is 0 Å². The number of nitrogens with zero attached hydrogens (tertiary/aromatic N) is 1. The van der Waals surface area contributed by atoms with Gasteiger partial charge in [-0.3, -0.25) is 4.79 Å². The number of benzene rings is 1. The van der Waals surface area contributed by atoms with E-state index < -0.39 is 0 Å². The Bertz CT molecular complexity index is 456. The molecule has 0 saturated carbocycles. The molecule has 1 aliphatic heterocycles. The number of carbonyl (C=O) groups excluding carboxylic acids is 1. The van der Waals surface area contributed by atoms with E-state index in [0.29, 0.717) is 18.8 Å². The number of hydrogen-bond acceptors (Lipinski definition) is 4. The summed E-state index contributed by atoms with van der Waals surface area (Å²) in [5, 5.41) is 0. The Morgan fingerprint density at radius 3 is 2.75 bits per heavy atom. The summed E-state index contributed by atoms with van der Waals surface area (Å²) in [6, 6.07) is 7.77. The number of methoxy groups -OCH3 is 1. The molecule has 0 aliphatic carbocycles. The third-order valence-electron chi connectivity index (χ3n) is 3.18. The van der Waals surface area contributed by atoms with Crippen molar-refractivity contribution in [2.45, 2.75) is 31.0 Å². The molecule has 4 nitrogen and oxygen atoms in total. The van der Waals surface area contributed by atoms with Gasteiger partial charge in [-0.1, -0.05) is 6.07 Å². The maximum absolute atomic E-state index is 12.2. The standard InChI is InChI=1S/C15H21NO3S/c1-11-8-16(9-12(2)19-11)15(17)10-20-14-6-4-5-13(7-14)18-3/h4-7,11-12H,8-10H2,1-3H3. The summed E-state index contributed by atoms with van der Waals surface area (Å²) < 4.78 is 10.8. The van der Waals surface area contributed by atoms with Crippen LogP contribution < -0.4 is 4.74 Å². The first-order chi connectivity index (χ1) is 9.58. The second-order valence-electron chi connectivity index (χ2n) is 5.02. The smallest absolute Gasteiger partial charge is 0.233 e. The van der Waals surface area contributed by atoms with E-state index in [0.717, 1.165) is 10.6 Å². The topological polar surface area (TPSA) is 38.8 Å². The van der Waals surface area contributed by atoms with Gasteiger partial charge >= 0.3 is 0 Å². The van der Waals surface area contributed by atoms with Crippen LogP contribution in [0.25, 0.3) is 0 Å². The summed E-state index contributed by atoms with van der Waals surface area (Å²) in [6.07, 6.45) is 0.231. The number of amides is 1. The molecule has 110 valence electrons. The van der Waals surface area contributed by atoms with Crippen molar-refractivity contribution in [3.63, 3.8) is 0 Å². The van der Waals surface area contributed by atoms with Crippen LogP contribution in [0.4, 0.5) is 0 Å². The highest BCUT2D eigenvalue weighted by molar-refractivity contribution is 8.00. The molecule has 1 aliphatic rings. The minimum atomic E-state index is 0.115. The van der Waals surface area contributed by atoms with Crippen LogP contribution in [0.15, 0.2) is 29.2 Å². The normalized spacial score (nSPS) is 22.6. The molecule has 1 saturated heterocycles. The summed E-state index contributed by atoms with van der Waals surface area (Å²) in [5.41, 5.74) is 0. The number of rotatable bonds is 4. The molecule has 0 bridgehead atoms. The van der Waals surface area contributed by atoms with Crippen LogP contribution in [0.5, 0.6) is 5.75 Å². The third-order valence-corrected chi connectivity index (χ3v) is 4.15. The highest BCUT2D eigenvalue weighted by Crippen LogP contribution is 2.23. The van der Waals surface area contributed by atoms with E-state index in [4.69, 9.17) is 9.47 Å². The third kappa shape index (κ3) is 4.15. The van der Waals surface area contributed by atoms with Gasteiger partial charge in [-0.15, -0.1) is 11.8 Å². The molecule has 2 atom stereocenters. The van der Waals surface area contributed by atoms with Crippen molar-refractivity contribution in [3.8, 4) is 5.75 Å². The van der Waals surface area contributed by atoms with Gasteiger partial charge in [0.1, 0.15) is 5.75 Å². The Hall–Kier alpha value is -1.20. The van der Waals surface area contributed by atoms with Crippen molar-refractivity contribution in [3.05, 3.63) is 24.3 Å². The highest BCUT2D eigenvalue weighted by atomic mass is 32.2. The first-order valence-electron chi connectivity index (χ1n) is 6.78. The van der Waals surface area contributed by atoms with Crippen LogP contribution in [-0.2, 0) is 9.53 Å². The zero-order chi connectivity index (χ0) is 14.5. The number of morpholine rings is 1. The average molecular weight is 295 g/mol. The fourth-order valence-electron chi connectivity index (χ4n) is 2.31. The fraction of sp³-hybridized carbons (Fsp3) is 0.533. The number of ether oxygens (including phenoxy) is 2. The Morgan fingerprint density at radius 1 is 1.40 bits per heavy atom. The molecule has 0 aromatic heterocycles. The van der Waals surface area contributed by atoms with Gasteiger partial charge in [-0.25, -0.2) is 0 Å². The predicted octanol–water partition coefficient (Wildman–Crippen LogP) is 2.42. The average Bonchev–Trinajstić information content (AvgIpc) is 2.44. The minimum Gasteiger partial charge on any atom is -0.497 e. The van der Waals surface area contributed by atoms with Crippen molar-refractivity contribution >= 4 is 17.7 Å². The van der Waals surface area contributed by atoms with E-state index in [2.05, 4.69) is 0 Å². The Labute approximate surface area is 124 Å². The zero-order valence-electron chi connectivity index (χ0n) is 12.2. The molecule has 1 heterocycles. The molecule has 0 spiro atoms. The molecule has 20 heavy (non-hydrogen) atoms. The number of hydrogen-bond donors (Lipinski definition) is 0. The lowest BCUT2D eigenvalue weighted by atomic mass is 10.2. The first-order valence-corrected chi connectivity index (χ1v) is 7.77. The molecule has 0 radical (unpaired) electrons. The van der Waals surface area contributed by atoms with Crippen LogP contribution in [-0.4, -0.2) is 49.0 Å². The van der Waals surface area contributed by atoms with Gasteiger partial charge in [-0.2, -0.15) is 0 Å². The summed E-state index contributed by atoms with van der Waals surface area (Å²) in [6.45, 7) is 5.37. The molecule has 0 N–H and O–H groups in total. The summed E-state index contributed by atoms with van der Waals surface area (Å²) in [5.74, 6) is 1.43. The molecular weight excluding hydrogens is 274 g/mol. The van der Waals surface area contributed by atoms with E-state index in [1.807, 2.05) is 43.0 Å². The van der Waals surface area contributed by atoms with Gasteiger partial charge < -0.3 is 14.4 Å². The largest absolute Gasteiger partial charge is 0.497 e. The SMILES string of the molecule is COc1cccc(SCC(=O)N2CC(C)OC(C)C2)c1. The van der Waals surface area contributed by atoms with E-state index in [-0.39, 0.29) is 18.1 Å². The van der Waals surface area contributed by atoms with Crippen LogP contribution in [0.2, 0.25) is 0 Å². The van der Waals surface area contributed by atoms with Gasteiger partial charge in [0.05, 0.1) is 25.1 Å². The maximum Gasteiger partial charge on any atom is 0.233 e. The van der Waals surface area contributed by atoms with Crippen molar-refractivity contribution in [2.75, 3.05) is 26.0 Å². The lowest BCUT2D eigenvalue weighted by molar-refractivity contribution is -0.140. The van der Waals surface area contributed by atoms with Crippen molar-refractivity contribution in [1.82, 2.24) is 4.90 Å². The van der Waals surface area contributed by atoms with Crippen LogP contribution in [0.3, 0.4) is 0 Å². The van der Waals surface area contributed by atoms with Crippen LogP contribution in [0, 0.1) is 0 Å². The lowest BCUT2D eigenvalue weighted by Gasteiger charge is -2.35. The van der Waals surface area contributed by atoms with Crippen molar-refractivity contribution in [1.29, 1.82) is 0 Å². The molecular formula is C15H21NO3S. The van der Waals surface area contributed by atoms with Gasteiger partial charge in [0.2, 0.25) is 5.91 Å². The number of carbonyl (C=O) groups is 1. The molecule has 1 aromatic rings. The molecule has 2 unspecified atom stereocenters. The molecule has 2 rings (SSSR count). The van der Waals surface area contributed by atoms with Gasteiger partial charge in [0.25, 0.3) is 0 Å². The molecule has 1 aromatic carbocycles. The van der Waals surface area contributed by atoms with Gasteiger partial charge in [0, 0.05) is 18.0 Å². The fourth-order valence-corrected chi connectivity index (χ4v) is 3.16. The first kappa shape index (κ1) is 15.2.